The van der Waals surface area contributed by atoms with Crippen LogP contribution in [-0.4, -0.2) is 6.04 Å². The minimum atomic E-state index is 0.408. The van der Waals surface area contributed by atoms with Crippen LogP contribution in [0.15, 0.2) is 12.1 Å². The highest BCUT2D eigenvalue weighted by Crippen LogP contribution is 2.41. The van der Waals surface area contributed by atoms with E-state index >= 15 is 0 Å². The van der Waals surface area contributed by atoms with Crippen LogP contribution in [-0.2, 0) is 12.8 Å². The van der Waals surface area contributed by atoms with E-state index in [2.05, 4.69) is 39.8 Å². The molecule has 1 fully saturated rings. The molecule has 1 heterocycles. The van der Waals surface area contributed by atoms with E-state index in [0.717, 1.165) is 12.3 Å². The zero-order valence-corrected chi connectivity index (χ0v) is 13.7. The molecular formula is C17H29NS. The van der Waals surface area contributed by atoms with Gasteiger partial charge in [0.25, 0.3) is 0 Å². The molecule has 2 heteroatoms. The van der Waals surface area contributed by atoms with Crippen molar-refractivity contribution in [2.45, 2.75) is 65.8 Å². The summed E-state index contributed by atoms with van der Waals surface area (Å²) >= 11 is 1.98. The SMILES string of the molecule is CCc1ccc(CC2CC(C(C)(C)C)CCC2N)s1. The van der Waals surface area contributed by atoms with Crippen LogP contribution in [0.4, 0.5) is 0 Å². The van der Waals surface area contributed by atoms with Crippen molar-refractivity contribution in [3.8, 4) is 0 Å². The van der Waals surface area contributed by atoms with Gasteiger partial charge in [0.15, 0.2) is 0 Å². The van der Waals surface area contributed by atoms with Crippen molar-refractivity contribution < 1.29 is 0 Å². The zero-order valence-electron chi connectivity index (χ0n) is 12.9. The number of rotatable bonds is 3. The average molecular weight is 279 g/mol. The average Bonchev–Trinajstić information content (AvgIpc) is 2.78. The van der Waals surface area contributed by atoms with E-state index in [0.29, 0.717) is 17.4 Å². The van der Waals surface area contributed by atoms with Crippen LogP contribution < -0.4 is 5.73 Å². The van der Waals surface area contributed by atoms with Crippen LogP contribution in [0.1, 0.15) is 56.7 Å². The Bertz CT molecular complexity index is 402. The Hall–Kier alpha value is -0.340. The Kier molecular flexibility index (Phi) is 4.73. The largest absolute Gasteiger partial charge is 0.327 e. The first-order chi connectivity index (χ1) is 8.90. The third-order valence-corrected chi connectivity index (χ3v) is 6.05. The number of aryl methyl sites for hydroxylation is 1. The predicted molar refractivity (Wildman–Crippen MR) is 85.7 cm³/mol. The third-order valence-electron chi connectivity index (χ3n) is 4.80. The van der Waals surface area contributed by atoms with Gasteiger partial charge >= 0.3 is 0 Å². The maximum absolute atomic E-state index is 6.38. The molecule has 1 nitrogen and oxygen atoms in total. The Morgan fingerprint density at radius 1 is 1.21 bits per heavy atom. The summed E-state index contributed by atoms with van der Waals surface area (Å²) in [5.41, 5.74) is 6.81. The molecule has 1 saturated carbocycles. The molecule has 0 amide bonds. The maximum atomic E-state index is 6.38. The minimum absolute atomic E-state index is 0.408. The van der Waals surface area contributed by atoms with Crippen LogP contribution in [0.5, 0.6) is 0 Å². The molecular weight excluding hydrogens is 250 g/mol. The smallest absolute Gasteiger partial charge is 0.00708 e. The Morgan fingerprint density at radius 2 is 1.89 bits per heavy atom. The van der Waals surface area contributed by atoms with E-state index < -0.39 is 0 Å². The molecule has 1 aromatic heterocycles. The molecule has 0 spiro atoms. The molecule has 108 valence electrons. The van der Waals surface area contributed by atoms with Gasteiger partial charge in [-0.15, -0.1) is 11.3 Å². The lowest BCUT2D eigenvalue weighted by Gasteiger charge is -2.40. The van der Waals surface area contributed by atoms with Crippen LogP contribution in [0.25, 0.3) is 0 Å². The fourth-order valence-electron chi connectivity index (χ4n) is 3.29. The van der Waals surface area contributed by atoms with Crippen molar-refractivity contribution >= 4 is 11.3 Å². The summed E-state index contributed by atoms with van der Waals surface area (Å²) in [4.78, 5) is 3.04. The van der Waals surface area contributed by atoms with E-state index in [1.54, 1.807) is 0 Å². The van der Waals surface area contributed by atoms with Crippen molar-refractivity contribution in [3.05, 3.63) is 21.9 Å². The summed E-state index contributed by atoms with van der Waals surface area (Å²) < 4.78 is 0. The molecule has 2 N–H and O–H groups in total. The van der Waals surface area contributed by atoms with Gasteiger partial charge < -0.3 is 5.73 Å². The van der Waals surface area contributed by atoms with Gasteiger partial charge in [-0.25, -0.2) is 0 Å². The first kappa shape index (κ1) is 15.1. The molecule has 0 saturated heterocycles. The van der Waals surface area contributed by atoms with E-state index in [4.69, 9.17) is 5.73 Å². The normalized spacial score (nSPS) is 28.6. The predicted octanol–water partition coefficient (Wildman–Crippen LogP) is 4.64. The lowest BCUT2D eigenvalue weighted by Crippen LogP contribution is -2.40. The molecule has 2 rings (SSSR count). The fraction of sp³-hybridized carbons (Fsp3) is 0.765. The standard InChI is InChI=1S/C17H29NS/c1-5-14-7-8-15(19-14)11-12-10-13(17(2,3)4)6-9-16(12)18/h7-8,12-13,16H,5-6,9-11,18H2,1-4H3. The van der Waals surface area contributed by atoms with Gasteiger partial charge in [0.1, 0.15) is 0 Å². The molecule has 1 aliphatic carbocycles. The maximum Gasteiger partial charge on any atom is 0.00708 e. The van der Waals surface area contributed by atoms with E-state index in [-0.39, 0.29) is 0 Å². The summed E-state index contributed by atoms with van der Waals surface area (Å²) in [6, 6.07) is 5.01. The highest BCUT2D eigenvalue weighted by molar-refractivity contribution is 7.11. The van der Waals surface area contributed by atoms with E-state index in [1.165, 1.54) is 35.4 Å². The zero-order chi connectivity index (χ0) is 14.0. The van der Waals surface area contributed by atoms with Gasteiger partial charge in [0, 0.05) is 15.8 Å². The lowest BCUT2D eigenvalue weighted by molar-refractivity contribution is 0.127. The second-order valence-corrected chi connectivity index (χ2v) is 8.48. The minimum Gasteiger partial charge on any atom is -0.327 e. The van der Waals surface area contributed by atoms with Crippen molar-refractivity contribution in [1.29, 1.82) is 0 Å². The topological polar surface area (TPSA) is 26.0 Å². The third kappa shape index (κ3) is 3.82. The molecule has 3 unspecified atom stereocenters. The van der Waals surface area contributed by atoms with Gasteiger partial charge in [0.2, 0.25) is 0 Å². The highest BCUT2D eigenvalue weighted by atomic mass is 32.1. The molecule has 19 heavy (non-hydrogen) atoms. The van der Waals surface area contributed by atoms with Crippen LogP contribution in [0.2, 0.25) is 0 Å². The van der Waals surface area contributed by atoms with Gasteiger partial charge in [-0.2, -0.15) is 0 Å². The molecule has 0 bridgehead atoms. The number of thiophene rings is 1. The van der Waals surface area contributed by atoms with Gasteiger partial charge in [-0.3, -0.25) is 0 Å². The second kappa shape index (κ2) is 5.97. The quantitative estimate of drug-likeness (QED) is 0.857. The van der Waals surface area contributed by atoms with Crippen molar-refractivity contribution in [2.24, 2.45) is 23.0 Å². The first-order valence-electron chi connectivity index (χ1n) is 7.73. The van der Waals surface area contributed by atoms with Gasteiger partial charge in [-0.05, 0) is 61.5 Å². The Balaban J connectivity index is 2.01. The van der Waals surface area contributed by atoms with Gasteiger partial charge in [-0.1, -0.05) is 27.7 Å². The molecule has 1 aromatic rings. The number of nitrogens with two attached hydrogens (primary N) is 1. The van der Waals surface area contributed by atoms with E-state index in [9.17, 15) is 0 Å². The van der Waals surface area contributed by atoms with Crippen LogP contribution >= 0.6 is 11.3 Å². The highest BCUT2D eigenvalue weighted by Gasteiger charge is 2.34. The monoisotopic (exact) mass is 279 g/mol. The van der Waals surface area contributed by atoms with Crippen molar-refractivity contribution in [1.82, 2.24) is 0 Å². The molecule has 1 aliphatic rings. The number of hydrogen-bond acceptors (Lipinski definition) is 2. The van der Waals surface area contributed by atoms with Crippen molar-refractivity contribution in [3.63, 3.8) is 0 Å². The Morgan fingerprint density at radius 3 is 2.47 bits per heavy atom. The summed E-state index contributed by atoms with van der Waals surface area (Å²) in [7, 11) is 0. The summed E-state index contributed by atoms with van der Waals surface area (Å²) in [5, 5.41) is 0. The second-order valence-electron chi connectivity index (χ2n) is 7.23. The fourth-order valence-corrected chi connectivity index (χ4v) is 4.34. The summed E-state index contributed by atoms with van der Waals surface area (Å²) in [6.45, 7) is 9.38. The summed E-state index contributed by atoms with van der Waals surface area (Å²) in [6.07, 6.45) is 6.18. The molecule has 0 radical (unpaired) electrons. The first-order valence-corrected chi connectivity index (χ1v) is 8.55. The molecule has 0 aromatic carbocycles. The number of hydrogen-bond donors (Lipinski definition) is 1. The van der Waals surface area contributed by atoms with Crippen molar-refractivity contribution in [2.75, 3.05) is 0 Å². The van der Waals surface area contributed by atoms with Crippen LogP contribution in [0.3, 0.4) is 0 Å². The Labute approximate surface area is 122 Å². The summed E-state index contributed by atoms with van der Waals surface area (Å²) in [5.74, 6) is 1.52. The van der Waals surface area contributed by atoms with Crippen LogP contribution in [0, 0.1) is 17.3 Å². The molecule has 0 aliphatic heterocycles. The van der Waals surface area contributed by atoms with Gasteiger partial charge in [0.05, 0.1) is 0 Å². The lowest BCUT2D eigenvalue weighted by atomic mass is 9.67. The van der Waals surface area contributed by atoms with E-state index in [1.807, 2.05) is 11.3 Å². The molecule has 3 atom stereocenters.